The third-order valence-corrected chi connectivity index (χ3v) is 2.55. The molecule has 0 aliphatic heterocycles. The molecule has 1 nitrogen and oxygen atoms in total. The molecule has 1 rings (SSSR count). The van der Waals surface area contributed by atoms with Gasteiger partial charge in [-0.05, 0) is 23.6 Å². The van der Waals surface area contributed by atoms with Crippen molar-refractivity contribution in [1.29, 1.82) is 0 Å². The van der Waals surface area contributed by atoms with E-state index < -0.39 is 0 Å². The van der Waals surface area contributed by atoms with Gasteiger partial charge < -0.3 is 4.79 Å². The van der Waals surface area contributed by atoms with Crippen LogP contribution in [0.5, 0.6) is 0 Å². The topological polar surface area (TPSA) is 17.1 Å². The normalized spacial score (nSPS) is 12.5. The van der Waals surface area contributed by atoms with Crippen LogP contribution in [0, 0.1) is 0 Å². The summed E-state index contributed by atoms with van der Waals surface area (Å²) in [5.41, 5.74) is 2.14. The molecule has 70 valence electrons. The first kappa shape index (κ1) is 10.3. The van der Waals surface area contributed by atoms with Crippen LogP contribution in [0.2, 0.25) is 5.02 Å². The van der Waals surface area contributed by atoms with Gasteiger partial charge in [-0.3, -0.25) is 0 Å². The first-order valence-corrected chi connectivity index (χ1v) is 4.80. The number of hydrogen-bond acceptors (Lipinski definition) is 1. The van der Waals surface area contributed by atoms with Gasteiger partial charge in [-0.2, -0.15) is 0 Å². The Bertz CT molecular complexity index is 307. The highest BCUT2D eigenvalue weighted by Crippen LogP contribution is 2.21. The van der Waals surface area contributed by atoms with Crippen molar-refractivity contribution in [2.75, 3.05) is 0 Å². The Hall–Kier alpha value is -0.820. The van der Waals surface area contributed by atoms with Crippen LogP contribution in [0.1, 0.15) is 30.9 Å². The lowest BCUT2D eigenvalue weighted by Crippen LogP contribution is -1.95. The first-order chi connectivity index (χ1) is 6.19. The maximum atomic E-state index is 10.6. The highest BCUT2D eigenvalue weighted by atomic mass is 35.5. The summed E-state index contributed by atoms with van der Waals surface area (Å²) in [7, 11) is 0. The second-order valence-corrected chi connectivity index (χ2v) is 3.54. The minimum Gasteiger partial charge on any atom is -0.303 e. The van der Waals surface area contributed by atoms with E-state index in [2.05, 4.69) is 6.92 Å². The lowest BCUT2D eigenvalue weighted by molar-refractivity contribution is -0.108. The average Bonchev–Trinajstić information content (AvgIpc) is 2.17. The van der Waals surface area contributed by atoms with Crippen molar-refractivity contribution in [3.05, 3.63) is 34.3 Å². The standard InChI is InChI=1S/C11H13ClO/c1-3-9-6-10(8(2)7-13)4-5-11(9)12/h4-8H,3H2,1-2H3. The summed E-state index contributed by atoms with van der Waals surface area (Å²) in [5.74, 6) is -0.0393. The molecule has 0 aliphatic rings. The number of halogens is 1. The van der Waals surface area contributed by atoms with Crippen molar-refractivity contribution >= 4 is 17.9 Å². The van der Waals surface area contributed by atoms with E-state index >= 15 is 0 Å². The number of aldehydes is 1. The van der Waals surface area contributed by atoms with Gasteiger partial charge in [-0.25, -0.2) is 0 Å². The number of carbonyl (C=O) groups is 1. The summed E-state index contributed by atoms with van der Waals surface area (Å²) in [4.78, 5) is 10.6. The third kappa shape index (κ3) is 2.31. The monoisotopic (exact) mass is 196 g/mol. The molecule has 0 heterocycles. The van der Waals surface area contributed by atoms with E-state index in [-0.39, 0.29) is 5.92 Å². The maximum absolute atomic E-state index is 10.6. The fraction of sp³-hybridized carbons (Fsp3) is 0.364. The summed E-state index contributed by atoms with van der Waals surface area (Å²) < 4.78 is 0. The maximum Gasteiger partial charge on any atom is 0.127 e. The van der Waals surface area contributed by atoms with Gasteiger partial charge in [-0.1, -0.05) is 37.6 Å². The molecule has 2 heteroatoms. The van der Waals surface area contributed by atoms with Crippen molar-refractivity contribution in [3.8, 4) is 0 Å². The van der Waals surface area contributed by atoms with Gasteiger partial charge in [0.05, 0.1) is 0 Å². The van der Waals surface area contributed by atoms with Crippen LogP contribution < -0.4 is 0 Å². The minimum absolute atomic E-state index is 0.0393. The van der Waals surface area contributed by atoms with Gasteiger partial charge in [-0.15, -0.1) is 0 Å². The second kappa shape index (κ2) is 4.43. The number of benzene rings is 1. The molecule has 1 unspecified atom stereocenters. The van der Waals surface area contributed by atoms with Gasteiger partial charge in [0.15, 0.2) is 0 Å². The lowest BCUT2D eigenvalue weighted by atomic mass is 9.99. The summed E-state index contributed by atoms with van der Waals surface area (Å²) in [6.07, 6.45) is 1.85. The Morgan fingerprint density at radius 3 is 2.77 bits per heavy atom. The molecule has 1 aromatic rings. The van der Waals surface area contributed by atoms with Crippen LogP contribution in [0.4, 0.5) is 0 Å². The molecule has 1 atom stereocenters. The van der Waals surface area contributed by atoms with Crippen LogP contribution in [-0.4, -0.2) is 6.29 Å². The molecule has 13 heavy (non-hydrogen) atoms. The summed E-state index contributed by atoms with van der Waals surface area (Å²) in [6, 6.07) is 5.76. The number of carbonyl (C=O) groups excluding carboxylic acids is 1. The molecular weight excluding hydrogens is 184 g/mol. The second-order valence-electron chi connectivity index (χ2n) is 3.13. The molecule has 0 saturated heterocycles. The van der Waals surface area contributed by atoms with E-state index in [9.17, 15) is 4.79 Å². The Kier molecular flexibility index (Phi) is 3.49. The third-order valence-electron chi connectivity index (χ3n) is 2.18. The first-order valence-electron chi connectivity index (χ1n) is 4.42. The van der Waals surface area contributed by atoms with E-state index in [1.54, 1.807) is 0 Å². The van der Waals surface area contributed by atoms with E-state index in [1.807, 2.05) is 25.1 Å². The number of rotatable bonds is 3. The average molecular weight is 197 g/mol. The van der Waals surface area contributed by atoms with E-state index in [4.69, 9.17) is 11.6 Å². The van der Waals surface area contributed by atoms with Gasteiger partial charge in [0, 0.05) is 10.9 Å². The van der Waals surface area contributed by atoms with Gasteiger partial charge >= 0.3 is 0 Å². The molecule has 0 saturated carbocycles. The Morgan fingerprint density at radius 1 is 1.54 bits per heavy atom. The molecule has 0 fully saturated rings. The van der Waals surface area contributed by atoms with Crippen LogP contribution in [0.25, 0.3) is 0 Å². The number of hydrogen-bond donors (Lipinski definition) is 0. The lowest BCUT2D eigenvalue weighted by Gasteiger charge is -2.07. The highest BCUT2D eigenvalue weighted by Gasteiger charge is 2.05. The van der Waals surface area contributed by atoms with Crippen molar-refractivity contribution in [1.82, 2.24) is 0 Å². The van der Waals surface area contributed by atoms with Crippen molar-refractivity contribution in [3.63, 3.8) is 0 Å². The van der Waals surface area contributed by atoms with Crippen LogP contribution in [0.3, 0.4) is 0 Å². The van der Waals surface area contributed by atoms with E-state index in [0.29, 0.717) is 0 Å². The van der Waals surface area contributed by atoms with Gasteiger partial charge in [0.1, 0.15) is 6.29 Å². The van der Waals surface area contributed by atoms with E-state index in [0.717, 1.165) is 28.9 Å². The van der Waals surface area contributed by atoms with Crippen molar-refractivity contribution < 1.29 is 4.79 Å². The summed E-state index contributed by atoms with van der Waals surface area (Å²) in [5, 5.41) is 0.782. The van der Waals surface area contributed by atoms with Crippen LogP contribution >= 0.6 is 11.6 Å². The Balaban J connectivity index is 3.05. The molecular formula is C11H13ClO. The Labute approximate surface area is 83.7 Å². The van der Waals surface area contributed by atoms with Crippen LogP contribution in [0.15, 0.2) is 18.2 Å². The number of aryl methyl sites for hydroxylation is 1. The van der Waals surface area contributed by atoms with E-state index in [1.165, 1.54) is 0 Å². The molecule has 0 amide bonds. The fourth-order valence-corrected chi connectivity index (χ4v) is 1.48. The van der Waals surface area contributed by atoms with Gasteiger partial charge in [0.25, 0.3) is 0 Å². The molecule has 0 aromatic heterocycles. The quantitative estimate of drug-likeness (QED) is 0.679. The zero-order valence-corrected chi connectivity index (χ0v) is 8.64. The fourth-order valence-electron chi connectivity index (χ4n) is 1.23. The molecule has 0 spiro atoms. The van der Waals surface area contributed by atoms with Crippen molar-refractivity contribution in [2.45, 2.75) is 26.2 Å². The van der Waals surface area contributed by atoms with Crippen LogP contribution in [-0.2, 0) is 11.2 Å². The Morgan fingerprint density at radius 2 is 2.23 bits per heavy atom. The SMILES string of the molecule is CCc1cc(C(C)C=O)ccc1Cl. The molecule has 0 N–H and O–H groups in total. The molecule has 1 aromatic carbocycles. The zero-order chi connectivity index (χ0) is 9.84. The summed E-state index contributed by atoms with van der Waals surface area (Å²) in [6.45, 7) is 3.94. The summed E-state index contributed by atoms with van der Waals surface area (Å²) >= 11 is 5.96. The van der Waals surface area contributed by atoms with Gasteiger partial charge in [0.2, 0.25) is 0 Å². The molecule has 0 aliphatic carbocycles. The molecule has 0 bridgehead atoms. The van der Waals surface area contributed by atoms with Crippen molar-refractivity contribution in [2.24, 2.45) is 0 Å². The smallest absolute Gasteiger partial charge is 0.127 e. The minimum atomic E-state index is -0.0393. The largest absolute Gasteiger partial charge is 0.303 e. The predicted molar refractivity (Wildman–Crippen MR) is 55.3 cm³/mol. The zero-order valence-electron chi connectivity index (χ0n) is 7.88. The molecule has 0 radical (unpaired) electrons. The predicted octanol–water partition coefficient (Wildman–Crippen LogP) is 3.20. The highest BCUT2D eigenvalue weighted by molar-refractivity contribution is 6.31.